The first-order valence-corrected chi connectivity index (χ1v) is 10.2. The Kier molecular flexibility index (Phi) is 4.84. The standard InChI is InChI=1S/C24H19ClN4O2/c1-31-17-6-4-5-16(12-17)27-23(21-14-29-10-3-2-7-22(29)28-21)24(30)19-13-26-20-11-15(25)8-9-18(19)20/h2-14,23,26-27H,1H3. The van der Waals surface area contributed by atoms with Gasteiger partial charge in [-0.25, -0.2) is 4.98 Å². The van der Waals surface area contributed by atoms with Gasteiger partial charge in [0.2, 0.25) is 0 Å². The molecule has 2 N–H and O–H groups in total. The molecule has 31 heavy (non-hydrogen) atoms. The fourth-order valence-electron chi connectivity index (χ4n) is 3.70. The molecule has 0 amide bonds. The molecule has 1 atom stereocenters. The summed E-state index contributed by atoms with van der Waals surface area (Å²) in [7, 11) is 1.61. The van der Waals surface area contributed by atoms with E-state index in [0.29, 0.717) is 22.0 Å². The minimum absolute atomic E-state index is 0.0974. The lowest BCUT2D eigenvalue weighted by Gasteiger charge is -2.17. The molecule has 5 rings (SSSR count). The lowest BCUT2D eigenvalue weighted by atomic mass is 10.0. The van der Waals surface area contributed by atoms with Gasteiger partial charge in [-0.1, -0.05) is 29.8 Å². The topological polar surface area (TPSA) is 71.4 Å². The Balaban J connectivity index is 1.60. The number of carbonyl (C=O) groups excluding carboxylic acids is 1. The maximum Gasteiger partial charge on any atom is 0.193 e. The van der Waals surface area contributed by atoms with E-state index in [1.807, 2.05) is 71.4 Å². The molecule has 154 valence electrons. The Morgan fingerprint density at radius 2 is 2.06 bits per heavy atom. The van der Waals surface area contributed by atoms with Crippen LogP contribution >= 0.6 is 11.6 Å². The second-order valence-corrected chi connectivity index (χ2v) is 7.63. The number of rotatable bonds is 6. The molecule has 0 aliphatic rings. The van der Waals surface area contributed by atoms with Crippen molar-refractivity contribution in [2.24, 2.45) is 0 Å². The monoisotopic (exact) mass is 430 g/mol. The lowest BCUT2D eigenvalue weighted by Crippen LogP contribution is -2.21. The first-order chi connectivity index (χ1) is 15.1. The van der Waals surface area contributed by atoms with Gasteiger partial charge in [-0.2, -0.15) is 0 Å². The summed E-state index contributed by atoms with van der Waals surface area (Å²) in [5.74, 6) is 0.604. The van der Waals surface area contributed by atoms with Gasteiger partial charge in [0.15, 0.2) is 5.78 Å². The quantitative estimate of drug-likeness (QED) is 0.348. The van der Waals surface area contributed by atoms with Gasteiger partial charge in [0.25, 0.3) is 0 Å². The highest BCUT2D eigenvalue weighted by molar-refractivity contribution is 6.31. The van der Waals surface area contributed by atoms with Crippen molar-refractivity contribution in [2.75, 3.05) is 12.4 Å². The average molecular weight is 431 g/mol. The molecule has 0 saturated carbocycles. The number of ketones is 1. The number of anilines is 1. The summed E-state index contributed by atoms with van der Waals surface area (Å²) in [4.78, 5) is 21.6. The second-order valence-electron chi connectivity index (χ2n) is 7.20. The molecule has 0 aliphatic heterocycles. The van der Waals surface area contributed by atoms with E-state index in [4.69, 9.17) is 21.3 Å². The van der Waals surface area contributed by atoms with Gasteiger partial charge in [0, 0.05) is 51.8 Å². The Bertz CT molecular complexity index is 1370. The molecule has 7 heteroatoms. The highest BCUT2D eigenvalue weighted by Crippen LogP contribution is 2.29. The molecular formula is C24H19ClN4O2. The summed E-state index contributed by atoms with van der Waals surface area (Å²) in [6, 6.07) is 18.0. The van der Waals surface area contributed by atoms with Crippen molar-refractivity contribution in [3.63, 3.8) is 0 Å². The van der Waals surface area contributed by atoms with Crippen LogP contribution in [0.4, 0.5) is 5.69 Å². The smallest absolute Gasteiger partial charge is 0.193 e. The molecule has 0 bridgehead atoms. The van der Waals surface area contributed by atoms with Crippen molar-refractivity contribution in [3.05, 3.63) is 95.5 Å². The number of fused-ring (bicyclic) bond motifs is 2. The molecule has 6 nitrogen and oxygen atoms in total. The Labute approximate surface area is 183 Å². The van der Waals surface area contributed by atoms with Crippen molar-refractivity contribution in [1.29, 1.82) is 0 Å². The average Bonchev–Trinajstić information content (AvgIpc) is 3.40. The number of imidazole rings is 1. The van der Waals surface area contributed by atoms with Crippen LogP contribution in [0.15, 0.2) is 79.3 Å². The fourth-order valence-corrected chi connectivity index (χ4v) is 3.88. The molecule has 0 fully saturated rings. The molecule has 0 spiro atoms. The van der Waals surface area contributed by atoms with Crippen molar-refractivity contribution >= 4 is 39.6 Å². The van der Waals surface area contributed by atoms with Gasteiger partial charge in [-0.3, -0.25) is 4.79 Å². The van der Waals surface area contributed by atoms with Gasteiger partial charge in [0.05, 0.1) is 12.8 Å². The van der Waals surface area contributed by atoms with Crippen LogP contribution in [0, 0.1) is 0 Å². The van der Waals surface area contributed by atoms with Gasteiger partial charge in [-0.15, -0.1) is 0 Å². The largest absolute Gasteiger partial charge is 0.497 e. The predicted octanol–water partition coefficient (Wildman–Crippen LogP) is 5.51. The second kappa shape index (κ2) is 7.81. The van der Waals surface area contributed by atoms with E-state index in [1.165, 1.54) is 0 Å². The highest BCUT2D eigenvalue weighted by atomic mass is 35.5. The van der Waals surface area contributed by atoms with Gasteiger partial charge >= 0.3 is 0 Å². The van der Waals surface area contributed by atoms with Crippen LogP contribution in [0.1, 0.15) is 22.1 Å². The van der Waals surface area contributed by atoms with E-state index in [9.17, 15) is 4.79 Å². The summed E-state index contributed by atoms with van der Waals surface area (Å²) < 4.78 is 7.23. The number of H-pyrrole nitrogens is 1. The Morgan fingerprint density at radius 1 is 1.16 bits per heavy atom. The SMILES string of the molecule is COc1cccc(NC(C(=O)c2c[nH]c3cc(Cl)ccc23)c2cn3ccccc3n2)c1. The first kappa shape index (κ1) is 19.2. The Morgan fingerprint density at radius 3 is 2.90 bits per heavy atom. The summed E-state index contributed by atoms with van der Waals surface area (Å²) in [5, 5.41) is 4.78. The van der Waals surface area contributed by atoms with Crippen molar-refractivity contribution in [3.8, 4) is 5.75 Å². The molecule has 3 aromatic heterocycles. The number of halogens is 1. The van der Waals surface area contributed by atoms with Crippen LogP contribution in [0.2, 0.25) is 5.02 Å². The van der Waals surface area contributed by atoms with Crippen LogP contribution in [0.25, 0.3) is 16.6 Å². The van der Waals surface area contributed by atoms with Crippen molar-refractivity contribution < 1.29 is 9.53 Å². The third kappa shape index (κ3) is 3.62. The highest BCUT2D eigenvalue weighted by Gasteiger charge is 2.27. The summed E-state index contributed by atoms with van der Waals surface area (Å²) in [5.41, 5.74) is 3.54. The van der Waals surface area contributed by atoms with E-state index in [2.05, 4.69) is 10.3 Å². The van der Waals surface area contributed by atoms with Gasteiger partial charge in [0.1, 0.15) is 17.4 Å². The minimum atomic E-state index is -0.693. The summed E-state index contributed by atoms with van der Waals surface area (Å²) >= 11 is 6.11. The van der Waals surface area contributed by atoms with Gasteiger partial charge in [-0.05, 0) is 36.4 Å². The molecule has 3 heterocycles. The number of aromatic amines is 1. The number of nitrogens with zero attached hydrogens (tertiary/aromatic N) is 2. The first-order valence-electron chi connectivity index (χ1n) is 9.77. The fraction of sp³-hybridized carbons (Fsp3) is 0.0833. The number of Topliss-reactive ketones (excluding diaryl/α,β-unsaturated/α-hetero) is 1. The molecule has 0 saturated heterocycles. The van der Waals surface area contributed by atoms with Crippen molar-refractivity contribution in [1.82, 2.24) is 14.4 Å². The minimum Gasteiger partial charge on any atom is -0.497 e. The summed E-state index contributed by atoms with van der Waals surface area (Å²) in [6.45, 7) is 0. The van der Waals surface area contributed by atoms with E-state index in [1.54, 1.807) is 19.4 Å². The van der Waals surface area contributed by atoms with E-state index < -0.39 is 6.04 Å². The number of carbonyl (C=O) groups is 1. The number of pyridine rings is 1. The van der Waals surface area contributed by atoms with Crippen LogP contribution in [-0.2, 0) is 0 Å². The summed E-state index contributed by atoms with van der Waals surface area (Å²) in [6.07, 6.45) is 5.50. The number of ether oxygens (including phenoxy) is 1. The maximum absolute atomic E-state index is 13.7. The molecule has 0 radical (unpaired) electrons. The lowest BCUT2D eigenvalue weighted by molar-refractivity contribution is 0.0970. The van der Waals surface area contributed by atoms with E-state index in [-0.39, 0.29) is 5.78 Å². The molecular weight excluding hydrogens is 412 g/mol. The van der Waals surface area contributed by atoms with Crippen LogP contribution in [0.5, 0.6) is 5.75 Å². The number of hydrogen-bond acceptors (Lipinski definition) is 4. The molecule has 0 aliphatic carbocycles. The zero-order valence-electron chi connectivity index (χ0n) is 16.7. The van der Waals surface area contributed by atoms with E-state index in [0.717, 1.165) is 22.2 Å². The zero-order valence-corrected chi connectivity index (χ0v) is 17.4. The van der Waals surface area contributed by atoms with Gasteiger partial charge < -0.3 is 19.4 Å². The number of benzene rings is 2. The Hall–Kier alpha value is -3.77. The zero-order chi connectivity index (χ0) is 21.4. The van der Waals surface area contributed by atoms with Crippen LogP contribution in [0.3, 0.4) is 0 Å². The third-order valence-electron chi connectivity index (χ3n) is 5.23. The number of methoxy groups -OCH3 is 1. The molecule has 1 unspecified atom stereocenters. The molecule has 2 aromatic carbocycles. The van der Waals surface area contributed by atoms with Crippen LogP contribution in [-0.4, -0.2) is 27.3 Å². The van der Waals surface area contributed by atoms with Crippen LogP contribution < -0.4 is 10.1 Å². The number of hydrogen-bond donors (Lipinski definition) is 2. The third-order valence-corrected chi connectivity index (χ3v) is 5.47. The number of aromatic nitrogens is 3. The van der Waals surface area contributed by atoms with Crippen molar-refractivity contribution in [2.45, 2.75) is 6.04 Å². The normalized spacial score (nSPS) is 12.2. The van der Waals surface area contributed by atoms with E-state index >= 15 is 0 Å². The maximum atomic E-state index is 13.7. The predicted molar refractivity (Wildman–Crippen MR) is 122 cm³/mol. The number of nitrogens with one attached hydrogen (secondary N) is 2. The molecule has 5 aromatic rings.